The van der Waals surface area contributed by atoms with Gasteiger partial charge in [-0.1, -0.05) is 29.8 Å². The van der Waals surface area contributed by atoms with Gasteiger partial charge in [-0.05, 0) is 32.3 Å². The number of hydrogen-bond donors (Lipinski definition) is 0. The summed E-state index contributed by atoms with van der Waals surface area (Å²) in [5, 5.41) is -0.133. The predicted octanol–water partition coefficient (Wildman–Crippen LogP) is 2.58. The lowest BCUT2D eigenvalue weighted by Gasteiger charge is -2.26. The van der Waals surface area contributed by atoms with Crippen LogP contribution in [0.4, 0.5) is 0 Å². The molecule has 0 aliphatic carbocycles. The van der Waals surface area contributed by atoms with Crippen LogP contribution in [0.3, 0.4) is 0 Å². The molecule has 1 aromatic rings. The van der Waals surface area contributed by atoms with E-state index in [1.165, 1.54) is 5.56 Å². The number of likely N-dealkylation sites (tertiary alicyclic amines) is 1. The molecule has 0 saturated carbocycles. The van der Waals surface area contributed by atoms with Crippen LogP contribution in [-0.4, -0.2) is 46.5 Å². The van der Waals surface area contributed by atoms with Gasteiger partial charge in [0.05, 0.1) is 5.25 Å². The van der Waals surface area contributed by atoms with Crippen LogP contribution in [0.25, 0.3) is 0 Å². The number of carbonyl (C=O) groups is 2. The van der Waals surface area contributed by atoms with Crippen molar-refractivity contribution in [2.75, 3.05) is 19.6 Å². The molecule has 0 N–H and O–H groups in total. The van der Waals surface area contributed by atoms with Gasteiger partial charge in [0.15, 0.2) is 0 Å². The maximum Gasteiger partial charge on any atom is 0.242 e. The molecular formula is C17H22N2O2S. The zero-order valence-electron chi connectivity index (χ0n) is 13.1. The van der Waals surface area contributed by atoms with Crippen molar-refractivity contribution in [3.05, 3.63) is 35.4 Å². The third-order valence-corrected chi connectivity index (χ3v) is 5.73. The summed E-state index contributed by atoms with van der Waals surface area (Å²) in [5.74, 6) is 0.155. The summed E-state index contributed by atoms with van der Waals surface area (Å²) >= 11 is 1.63. The second-order valence-electron chi connectivity index (χ2n) is 6.10. The fourth-order valence-corrected chi connectivity index (χ4v) is 4.40. The number of benzene rings is 1. The SMILES string of the molecule is Cc1cccc(C2SC(C)C(=O)N2CC(=O)N2CCCC2)c1. The highest BCUT2D eigenvalue weighted by Crippen LogP contribution is 2.42. The first-order chi connectivity index (χ1) is 10.6. The molecule has 2 unspecified atom stereocenters. The quantitative estimate of drug-likeness (QED) is 0.860. The Hall–Kier alpha value is -1.49. The van der Waals surface area contributed by atoms with Crippen LogP contribution in [0.2, 0.25) is 0 Å². The molecule has 118 valence electrons. The summed E-state index contributed by atoms with van der Waals surface area (Å²) in [4.78, 5) is 28.5. The summed E-state index contributed by atoms with van der Waals surface area (Å²) in [6.45, 7) is 5.84. The van der Waals surface area contributed by atoms with Crippen molar-refractivity contribution in [3.8, 4) is 0 Å². The van der Waals surface area contributed by atoms with Gasteiger partial charge in [-0.3, -0.25) is 9.59 Å². The average Bonchev–Trinajstić information content (AvgIpc) is 3.11. The number of aryl methyl sites for hydroxylation is 1. The molecule has 0 radical (unpaired) electrons. The van der Waals surface area contributed by atoms with Gasteiger partial charge in [0.1, 0.15) is 11.9 Å². The number of hydrogen-bond acceptors (Lipinski definition) is 3. The van der Waals surface area contributed by atoms with E-state index in [0.717, 1.165) is 31.5 Å². The lowest BCUT2D eigenvalue weighted by molar-refractivity contribution is -0.139. The zero-order chi connectivity index (χ0) is 15.7. The molecule has 2 saturated heterocycles. The first-order valence-electron chi connectivity index (χ1n) is 7.86. The van der Waals surface area contributed by atoms with Crippen molar-refractivity contribution >= 4 is 23.6 Å². The topological polar surface area (TPSA) is 40.6 Å². The number of rotatable bonds is 3. The van der Waals surface area contributed by atoms with E-state index < -0.39 is 0 Å². The second-order valence-corrected chi connectivity index (χ2v) is 7.52. The van der Waals surface area contributed by atoms with Gasteiger partial charge in [0, 0.05) is 13.1 Å². The minimum absolute atomic E-state index is 0.0473. The van der Waals surface area contributed by atoms with E-state index in [-0.39, 0.29) is 29.0 Å². The summed E-state index contributed by atoms with van der Waals surface area (Å²) < 4.78 is 0. The van der Waals surface area contributed by atoms with Gasteiger partial charge >= 0.3 is 0 Å². The van der Waals surface area contributed by atoms with E-state index in [0.29, 0.717) is 0 Å². The molecule has 0 spiro atoms. The smallest absolute Gasteiger partial charge is 0.242 e. The van der Waals surface area contributed by atoms with Crippen molar-refractivity contribution in [2.45, 2.75) is 37.3 Å². The Bertz CT molecular complexity index is 584. The van der Waals surface area contributed by atoms with E-state index in [9.17, 15) is 9.59 Å². The van der Waals surface area contributed by atoms with Crippen LogP contribution in [0.15, 0.2) is 24.3 Å². The normalized spacial score (nSPS) is 25.1. The molecule has 2 amide bonds. The average molecular weight is 318 g/mol. The number of thioether (sulfide) groups is 1. The Morgan fingerprint density at radius 2 is 2.05 bits per heavy atom. The Balaban J connectivity index is 1.79. The molecule has 2 fully saturated rings. The lowest BCUT2D eigenvalue weighted by atomic mass is 10.1. The Kier molecular flexibility index (Phi) is 4.43. The largest absolute Gasteiger partial charge is 0.341 e. The van der Waals surface area contributed by atoms with Crippen molar-refractivity contribution in [1.82, 2.24) is 9.80 Å². The molecule has 5 heteroatoms. The molecule has 2 heterocycles. The minimum Gasteiger partial charge on any atom is -0.341 e. The van der Waals surface area contributed by atoms with Crippen LogP contribution in [-0.2, 0) is 9.59 Å². The van der Waals surface area contributed by atoms with Gasteiger partial charge in [-0.25, -0.2) is 0 Å². The Morgan fingerprint density at radius 1 is 1.32 bits per heavy atom. The standard InChI is InChI=1S/C17H22N2O2S/c1-12-6-5-7-14(10-12)17-19(16(21)13(2)22-17)11-15(20)18-8-3-4-9-18/h5-7,10,13,17H,3-4,8-9,11H2,1-2H3. The highest BCUT2D eigenvalue weighted by molar-refractivity contribution is 8.01. The van der Waals surface area contributed by atoms with Crippen LogP contribution < -0.4 is 0 Å². The molecule has 22 heavy (non-hydrogen) atoms. The monoisotopic (exact) mass is 318 g/mol. The fraction of sp³-hybridized carbons (Fsp3) is 0.529. The van der Waals surface area contributed by atoms with Crippen LogP contribution in [0, 0.1) is 6.92 Å². The molecule has 2 aliphatic rings. The molecule has 2 aliphatic heterocycles. The maximum absolute atomic E-state index is 12.5. The molecule has 2 atom stereocenters. The van der Waals surface area contributed by atoms with Gasteiger partial charge in [-0.15, -0.1) is 11.8 Å². The molecule has 1 aromatic carbocycles. The highest BCUT2D eigenvalue weighted by atomic mass is 32.2. The highest BCUT2D eigenvalue weighted by Gasteiger charge is 2.40. The van der Waals surface area contributed by atoms with Crippen molar-refractivity contribution in [1.29, 1.82) is 0 Å². The Morgan fingerprint density at radius 3 is 2.73 bits per heavy atom. The summed E-state index contributed by atoms with van der Waals surface area (Å²) in [5.41, 5.74) is 2.29. The summed E-state index contributed by atoms with van der Waals surface area (Å²) in [6.07, 6.45) is 2.15. The van der Waals surface area contributed by atoms with Crippen molar-refractivity contribution < 1.29 is 9.59 Å². The van der Waals surface area contributed by atoms with E-state index in [1.54, 1.807) is 16.7 Å². The predicted molar refractivity (Wildman–Crippen MR) is 88.5 cm³/mol. The van der Waals surface area contributed by atoms with Crippen LogP contribution in [0.5, 0.6) is 0 Å². The van der Waals surface area contributed by atoms with Crippen molar-refractivity contribution in [3.63, 3.8) is 0 Å². The van der Waals surface area contributed by atoms with Gasteiger partial charge < -0.3 is 9.80 Å². The fourth-order valence-electron chi connectivity index (χ4n) is 3.13. The third-order valence-electron chi connectivity index (χ3n) is 4.34. The van der Waals surface area contributed by atoms with E-state index in [2.05, 4.69) is 6.07 Å². The van der Waals surface area contributed by atoms with Crippen LogP contribution in [0.1, 0.15) is 36.3 Å². The molecule has 0 bridgehead atoms. The van der Waals surface area contributed by atoms with Gasteiger partial charge in [0.2, 0.25) is 11.8 Å². The second kappa shape index (κ2) is 6.32. The number of amides is 2. The number of nitrogens with zero attached hydrogens (tertiary/aromatic N) is 2. The number of carbonyl (C=O) groups excluding carboxylic acids is 2. The molecular weight excluding hydrogens is 296 g/mol. The summed E-state index contributed by atoms with van der Waals surface area (Å²) in [7, 11) is 0. The lowest BCUT2D eigenvalue weighted by Crippen LogP contribution is -2.41. The van der Waals surface area contributed by atoms with Gasteiger partial charge in [-0.2, -0.15) is 0 Å². The molecule has 3 rings (SSSR count). The maximum atomic E-state index is 12.5. The Labute approximate surface area is 135 Å². The molecule has 4 nitrogen and oxygen atoms in total. The first-order valence-corrected chi connectivity index (χ1v) is 8.81. The first kappa shape index (κ1) is 15.4. The zero-order valence-corrected chi connectivity index (χ0v) is 13.9. The van der Waals surface area contributed by atoms with E-state index in [4.69, 9.17) is 0 Å². The third kappa shape index (κ3) is 3.00. The van der Waals surface area contributed by atoms with Crippen molar-refractivity contribution in [2.24, 2.45) is 0 Å². The summed E-state index contributed by atoms with van der Waals surface area (Å²) in [6, 6.07) is 8.22. The van der Waals surface area contributed by atoms with Gasteiger partial charge in [0.25, 0.3) is 0 Å². The van der Waals surface area contributed by atoms with E-state index in [1.807, 2.05) is 36.9 Å². The van der Waals surface area contributed by atoms with E-state index >= 15 is 0 Å². The molecule has 0 aromatic heterocycles. The van der Waals surface area contributed by atoms with Crippen LogP contribution >= 0.6 is 11.8 Å². The minimum atomic E-state index is -0.0862.